The van der Waals surface area contributed by atoms with Crippen LogP contribution < -0.4 is 11.2 Å². The summed E-state index contributed by atoms with van der Waals surface area (Å²) in [5.41, 5.74) is 0. The molecule has 3 heteroatoms. The molecule has 1 fully saturated rings. The molecule has 0 aromatic heterocycles. The molecule has 3 nitrogen and oxygen atoms in total. The summed E-state index contributed by atoms with van der Waals surface area (Å²) >= 11 is 0. The first kappa shape index (κ1) is 6.01. The lowest BCUT2D eigenvalue weighted by molar-refractivity contribution is 0.0367. The third-order valence-electron chi connectivity index (χ3n) is 1.44. The molecule has 1 aliphatic heterocycles. The van der Waals surface area contributed by atoms with Gasteiger partial charge in [-0.15, -0.1) is 0 Å². The first-order valence-electron chi connectivity index (χ1n) is 3.00. The van der Waals surface area contributed by atoms with Gasteiger partial charge >= 0.3 is 0 Å². The predicted octanol–water partition coefficient (Wildman–Crippen LogP) is -0.371. The summed E-state index contributed by atoms with van der Waals surface area (Å²) in [7, 11) is 0. The molecule has 0 spiro atoms. The third-order valence-corrected chi connectivity index (χ3v) is 1.44. The molecule has 1 saturated heterocycles. The Morgan fingerprint density at radius 1 is 1.62 bits per heavy atom. The normalized spacial score (nSPS) is 30.4. The lowest BCUT2D eigenvalue weighted by Crippen LogP contribution is -2.36. The molecule has 0 aliphatic carbocycles. The fourth-order valence-electron chi connectivity index (χ4n) is 0.936. The summed E-state index contributed by atoms with van der Waals surface area (Å²) in [5.74, 6) is 4.96. The second-order valence-electron chi connectivity index (χ2n) is 2.10. The number of nitrogens with two attached hydrogens (primary N) is 1. The first-order chi connectivity index (χ1) is 3.93. The van der Waals surface area contributed by atoms with Crippen LogP contribution in [0.5, 0.6) is 0 Å². The largest absolute Gasteiger partial charge is 0.314 e. The summed E-state index contributed by atoms with van der Waals surface area (Å²) in [6.45, 7) is 2.02. The monoisotopic (exact) mass is 116 g/mol. The molecule has 0 amide bonds. The van der Waals surface area contributed by atoms with Gasteiger partial charge in [-0.25, -0.2) is 5.90 Å². The minimum Gasteiger partial charge on any atom is -0.314 e. The van der Waals surface area contributed by atoms with E-state index in [1.54, 1.807) is 0 Å². The van der Waals surface area contributed by atoms with Crippen molar-refractivity contribution in [1.82, 2.24) is 5.32 Å². The first-order valence-corrected chi connectivity index (χ1v) is 3.00. The lowest BCUT2D eigenvalue weighted by atomic mass is 10.1. The maximum atomic E-state index is 4.96. The standard InChI is InChI=1S/C5H12N2O/c6-8-5-2-1-3-7-4-5/h5,7H,1-4,6H2/t5-/m1/s1. The Bertz CT molecular complexity index is 61.4. The molecule has 1 heterocycles. The maximum absolute atomic E-state index is 4.96. The van der Waals surface area contributed by atoms with Crippen molar-refractivity contribution in [3.63, 3.8) is 0 Å². The van der Waals surface area contributed by atoms with Gasteiger partial charge in [0.1, 0.15) is 0 Å². The third kappa shape index (κ3) is 1.43. The maximum Gasteiger partial charge on any atom is 0.0911 e. The average Bonchev–Trinajstić information content (AvgIpc) is 1.90. The zero-order valence-corrected chi connectivity index (χ0v) is 4.89. The Morgan fingerprint density at radius 3 is 2.88 bits per heavy atom. The molecular formula is C5H12N2O. The zero-order valence-electron chi connectivity index (χ0n) is 4.89. The summed E-state index contributed by atoms with van der Waals surface area (Å²) in [6, 6.07) is 0. The number of nitrogens with one attached hydrogen (secondary N) is 1. The van der Waals surface area contributed by atoms with Crippen LogP contribution in [0.2, 0.25) is 0 Å². The molecule has 1 rings (SSSR count). The van der Waals surface area contributed by atoms with Crippen LogP contribution in [0.3, 0.4) is 0 Å². The highest BCUT2D eigenvalue weighted by Crippen LogP contribution is 2.02. The summed E-state index contributed by atoms with van der Waals surface area (Å²) < 4.78 is 0. The van der Waals surface area contributed by atoms with E-state index < -0.39 is 0 Å². The van der Waals surface area contributed by atoms with E-state index in [1.165, 1.54) is 6.42 Å². The molecule has 8 heavy (non-hydrogen) atoms. The quantitative estimate of drug-likeness (QED) is 0.459. The fourth-order valence-corrected chi connectivity index (χ4v) is 0.936. The summed E-state index contributed by atoms with van der Waals surface area (Å²) in [4.78, 5) is 4.63. The van der Waals surface area contributed by atoms with Gasteiger partial charge in [0.2, 0.25) is 0 Å². The van der Waals surface area contributed by atoms with Crippen LogP contribution in [-0.2, 0) is 4.84 Å². The van der Waals surface area contributed by atoms with Crippen molar-refractivity contribution in [2.45, 2.75) is 18.9 Å². The van der Waals surface area contributed by atoms with Crippen LogP contribution in [0.1, 0.15) is 12.8 Å². The lowest BCUT2D eigenvalue weighted by Gasteiger charge is -2.19. The van der Waals surface area contributed by atoms with Crippen molar-refractivity contribution in [1.29, 1.82) is 0 Å². The van der Waals surface area contributed by atoms with Gasteiger partial charge < -0.3 is 5.32 Å². The van der Waals surface area contributed by atoms with E-state index in [2.05, 4.69) is 10.2 Å². The predicted molar refractivity (Wildman–Crippen MR) is 31.2 cm³/mol. The number of rotatable bonds is 1. The molecule has 0 radical (unpaired) electrons. The van der Waals surface area contributed by atoms with Crippen LogP contribution in [0.25, 0.3) is 0 Å². The van der Waals surface area contributed by atoms with E-state index in [4.69, 9.17) is 5.90 Å². The Hall–Kier alpha value is -0.120. The Kier molecular flexibility index (Phi) is 2.27. The van der Waals surface area contributed by atoms with Crippen molar-refractivity contribution in [2.75, 3.05) is 13.1 Å². The van der Waals surface area contributed by atoms with E-state index in [9.17, 15) is 0 Å². The minimum absolute atomic E-state index is 0.253. The van der Waals surface area contributed by atoms with Crippen molar-refractivity contribution in [3.05, 3.63) is 0 Å². The van der Waals surface area contributed by atoms with E-state index in [-0.39, 0.29) is 6.10 Å². The van der Waals surface area contributed by atoms with E-state index in [0.29, 0.717) is 0 Å². The Labute approximate surface area is 49.2 Å². The topological polar surface area (TPSA) is 47.3 Å². The van der Waals surface area contributed by atoms with Gasteiger partial charge in [0.15, 0.2) is 0 Å². The minimum atomic E-state index is 0.253. The van der Waals surface area contributed by atoms with Crippen LogP contribution in [0.4, 0.5) is 0 Å². The zero-order chi connectivity index (χ0) is 5.82. The van der Waals surface area contributed by atoms with Gasteiger partial charge in [0.25, 0.3) is 0 Å². The van der Waals surface area contributed by atoms with Gasteiger partial charge in [-0.3, -0.25) is 4.84 Å². The van der Waals surface area contributed by atoms with Crippen molar-refractivity contribution in [2.24, 2.45) is 5.90 Å². The molecule has 3 N–H and O–H groups in total. The van der Waals surface area contributed by atoms with E-state index in [0.717, 1.165) is 19.5 Å². The highest BCUT2D eigenvalue weighted by Gasteiger charge is 2.10. The summed E-state index contributed by atoms with van der Waals surface area (Å²) in [5, 5.41) is 3.18. The highest BCUT2D eigenvalue weighted by atomic mass is 16.6. The van der Waals surface area contributed by atoms with Gasteiger partial charge in [-0.1, -0.05) is 0 Å². The van der Waals surface area contributed by atoms with Crippen LogP contribution in [0.15, 0.2) is 0 Å². The van der Waals surface area contributed by atoms with Crippen molar-refractivity contribution >= 4 is 0 Å². The Morgan fingerprint density at radius 2 is 2.50 bits per heavy atom. The van der Waals surface area contributed by atoms with E-state index >= 15 is 0 Å². The van der Waals surface area contributed by atoms with Crippen molar-refractivity contribution in [3.8, 4) is 0 Å². The molecular weight excluding hydrogens is 104 g/mol. The smallest absolute Gasteiger partial charge is 0.0911 e. The molecule has 0 bridgehead atoms. The Balaban J connectivity index is 2.13. The van der Waals surface area contributed by atoms with Gasteiger partial charge in [0, 0.05) is 6.54 Å². The number of piperidine rings is 1. The molecule has 0 saturated carbocycles. The van der Waals surface area contributed by atoms with Crippen LogP contribution in [-0.4, -0.2) is 19.2 Å². The second kappa shape index (κ2) is 3.02. The van der Waals surface area contributed by atoms with Gasteiger partial charge in [-0.2, -0.15) is 0 Å². The van der Waals surface area contributed by atoms with Gasteiger partial charge in [0.05, 0.1) is 6.10 Å². The fraction of sp³-hybridized carbons (Fsp3) is 1.00. The molecule has 0 aromatic rings. The average molecular weight is 116 g/mol. The second-order valence-corrected chi connectivity index (χ2v) is 2.10. The molecule has 1 aliphatic rings. The van der Waals surface area contributed by atoms with E-state index in [1.807, 2.05) is 0 Å². The highest BCUT2D eigenvalue weighted by molar-refractivity contribution is 4.67. The van der Waals surface area contributed by atoms with Gasteiger partial charge in [-0.05, 0) is 19.4 Å². The SMILES string of the molecule is NO[C@@H]1CCCNC1. The number of hydrogen-bond acceptors (Lipinski definition) is 3. The molecule has 48 valence electrons. The molecule has 0 unspecified atom stereocenters. The molecule has 1 atom stereocenters. The van der Waals surface area contributed by atoms with Crippen LogP contribution in [0, 0.1) is 0 Å². The summed E-state index contributed by atoms with van der Waals surface area (Å²) in [6.07, 6.45) is 2.54. The van der Waals surface area contributed by atoms with Crippen LogP contribution >= 0.6 is 0 Å². The molecule has 0 aromatic carbocycles. The van der Waals surface area contributed by atoms with Crippen molar-refractivity contribution < 1.29 is 4.84 Å². The number of hydrogen-bond donors (Lipinski definition) is 2.